The van der Waals surface area contributed by atoms with Crippen LogP contribution in [0.25, 0.3) is 0 Å². The van der Waals surface area contributed by atoms with E-state index in [9.17, 15) is 22.0 Å². The number of nitrogens with two attached hydrogens (primary N) is 1. The van der Waals surface area contributed by atoms with Crippen molar-refractivity contribution in [1.29, 1.82) is 0 Å². The van der Waals surface area contributed by atoms with E-state index in [0.717, 1.165) is 0 Å². The molecule has 2 N–H and O–H groups in total. The zero-order valence-electron chi connectivity index (χ0n) is 10.4. The van der Waals surface area contributed by atoms with Crippen molar-refractivity contribution in [2.75, 3.05) is 43.4 Å². The second-order valence-corrected chi connectivity index (χ2v) is 4.54. The molecule has 1 aliphatic heterocycles. The molecular formula is C11H13F5N4. The number of pyridine rings is 1. The smallest absolute Gasteiger partial charge is 0.381 e. The molecule has 0 bridgehead atoms. The Labute approximate surface area is 112 Å². The van der Waals surface area contributed by atoms with Crippen LogP contribution in [0, 0.1) is 11.6 Å². The third-order valence-corrected chi connectivity index (χ3v) is 3.01. The summed E-state index contributed by atoms with van der Waals surface area (Å²) in [6, 6.07) is 0.625. The van der Waals surface area contributed by atoms with Crippen molar-refractivity contribution in [3.8, 4) is 0 Å². The van der Waals surface area contributed by atoms with Crippen molar-refractivity contribution in [2.45, 2.75) is 6.18 Å². The average molecular weight is 296 g/mol. The molecule has 1 fully saturated rings. The molecule has 20 heavy (non-hydrogen) atoms. The summed E-state index contributed by atoms with van der Waals surface area (Å²) in [5.41, 5.74) is 5.27. The van der Waals surface area contributed by atoms with Crippen LogP contribution in [0.15, 0.2) is 6.07 Å². The monoisotopic (exact) mass is 296 g/mol. The van der Waals surface area contributed by atoms with Gasteiger partial charge in [0.25, 0.3) is 0 Å². The number of halogens is 5. The minimum absolute atomic E-state index is 0.123. The first-order chi connectivity index (χ1) is 9.26. The van der Waals surface area contributed by atoms with Crippen molar-refractivity contribution in [2.24, 2.45) is 0 Å². The molecular weight excluding hydrogens is 283 g/mol. The SMILES string of the molecule is Nc1nc(N2CCN(CC(F)(F)F)CC2)c(F)cc1F. The van der Waals surface area contributed by atoms with Gasteiger partial charge in [-0.3, -0.25) is 4.90 Å². The fraction of sp³-hybridized carbons (Fsp3) is 0.545. The van der Waals surface area contributed by atoms with Crippen LogP contribution in [0.2, 0.25) is 0 Å². The first kappa shape index (κ1) is 14.8. The normalized spacial score (nSPS) is 17.6. The molecule has 9 heteroatoms. The number of hydrogen-bond donors (Lipinski definition) is 1. The number of aromatic nitrogens is 1. The van der Waals surface area contributed by atoms with E-state index in [2.05, 4.69) is 4.98 Å². The van der Waals surface area contributed by atoms with Gasteiger partial charge in [0.05, 0.1) is 6.54 Å². The molecule has 1 aromatic rings. The Morgan fingerprint density at radius 2 is 1.70 bits per heavy atom. The second kappa shape index (κ2) is 5.39. The summed E-state index contributed by atoms with van der Waals surface area (Å²) in [6.07, 6.45) is -4.26. The predicted molar refractivity (Wildman–Crippen MR) is 63.3 cm³/mol. The van der Waals surface area contributed by atoms with E-state index in [-0.39, 0.29) is 32.0 Å². The van der Waals surface area contributed by atoms with Crippen molar-refractivity contribution in [3.05, 3.63) is 17.7 Å². The molecule has 2 heterocycles. The molecule has 0 unspecified atom stereocenters. The third kappa shape index (κ3) is 3.47. The third-order valence-electron chi connectivity index (χ3n) is 3.01. The van der Waals surface area contributed by atoms with Crippen LogP contribution in [0.5, 0.6) is 0 Å². The van der Waals surface area contributed by atoms with E-state index < -0.39 is 30.2 Å². The molecule has 0 radical (unpaired) electrons. The molecule has 1 aliphatic rings. The van der Waals surface area contributed by atoms with E-state index in [1.807, 2.05) is 0 Å². The highest BCUT2D eigenvalue weighted by molar-refractivity contribution is 5.47. The number of nitrogens with zero attached hydrogens (tertiary/aromatic N) is 3. The van der Waals surface area contributed by atoms with Crippen molar-refractivity contribution in [1.82, 2.24) is 9.88 Å². The van der Waals surface area contributed by atoms with Gasteiger partial charge in [-0.25, -0.2) is 13.8 Å². The summed E-state index contributed by atoms with van der Waals surface area (Å²) in [4.78, 5) is 6.29. The van der Waals surface area contributed by atoms with Crippen molar-refractivity contribution < 1.29 is 22.0 Å². The molecule has 0 aromatic carbocycles. The molecule has 0 saturated carbocycles. The summed E-state index contributed by atoms with van der Waals surface area (Å²) in [6.45, 7) is -0.408. The Morgan fingerprint density at radius 1 is 1.10 bits per heavy atom. The standard InChI is InChI=1S/C11H13F5N4/c12-7-5-8(13)10(18-9(7)17)20-3-1-19(2-4-20)6-11(14,15)16/h5H,1-4,6H2,(H2,17,18). The minimum atomic E-state index is -4.26. The highest BCUT2D eigenvalue weighted by Gasteiger charge is 2.32. The van der Waals surface area contributed by atoms with Gasteiger partial charge in [-0.2, -0.15) is 13.2 Å². The summed E-state index contributed by atoms with van der Waals surface area (Å²) in [5.74, 6) is -2.39. The van der Waals surface area contributed by atoms with Crippen LogP contribution in [0.1, 0.15) is 0 Å². The number of piperazine rings is 1. The van der Waals surface area contributed by atoms with Crippen LogP contribution < -0.4 is 10.6 Å². The molecule has 2 rings (SSSR count). The Morgan fingerprint density at radius 3 is 2.25 bits per heavy atom. The highest BCUT2D eigenvalue weighted by Crippen LogP contribution is 2.23. The number of hydrogen-bond acceptors (Lipinski definition) is 4. The Balaban J connectivity index is 2.02. The molecule has 0 aliphatic carbocycles. The van der Waals surface area contributed by atoms with E-state index in [0.29, 0.717) is 6.07 Å². The van der Waals surface area contributed by atoms with Crippen LogP contribution in [0.4, 0.5) is 33.6 Å². The second-order valence-electron chi connectivity index (χ2n) is 4.54. The van der Waals surface area contributed by atoms with Gasteiger partial charge in [-0.05, 0) is 0 Å². The van der Waals surface area contributed by atoms with Crippen LogP contribution in [-0.4, -0.2) is 48.8 Å². The van der Waals surface area contributed by atoms with Gasteiger partial charge in [-0.1, -0.05) is 0 Å². The predicted octanol–water partition coefficient (Wildman–Crippen LogP) is 1.63. The maximum Gasteiger partial charge on any atom is 0.401 e. The highest BCUT2D eigenvalue weighted by atomic mass is 19.4. The van der Waals surface area contributed by atoms with Crippen molar-refractivity contribution in [3.63, 3.8) is 0 Å². The maximum absolute atomic E-state index is 13.6. The molecule has 1 saturated heterocycles. The summed E-state index contributed by atoms with van der Waals surface area (Å²) in [7, 11) is 0. The lowest BCUT2D eigenvalue weighted by Crippen LogP contribution is -2.49. The van der Waals surface area contributed by atoms with E-state index in [4.69, 9.17) is 5.73 Å². The zero-order valence-corrected chi connectivity index (χ0v) is 10.4. The first-order valence-electron chi connectivity index (χ1n) is 5.92. The average Bonchev–Trinajstić information content (AvgIpc) is 2.33. The quantitative estimate of drug-likeness (QED) is 0.843. The van der Waals surface area contributed by atoms with Crippen LogP contribution in [0.3, 0.4) is 0 Å². The van der Waals surface area contributed by atoms with E-state index in [1.165, 1.54) is 9.80 Å². The summed E-state index contributed by atoms with van der Waals surface area (Å²) < 4.78 is 63.3. The molecule has 112 valence electrons. The number of anilines is 2. The number of alkyl halides is 3. The minimum Gasteiger partial charge on any atom is -0.381 e. The summed E-state index contributed by atoms with van der Waals surface area (Å²) >= 11 is 0. The van der Waals surface area contributed by atoms with Gasteiger partial charge in [0.15, 0.2) is 23.3 Å². The molecule has 1 aromatic heterocycles. The van der Waals surface area contributed by atoms with Gasteiger partial charge in [0, 0.05) is 32.2 Å². The molecule has 0 atom stereocenters. The fourth-order valence-corrected chi connectivity index (χ4v) is 2.06. The van der Waals surface area contributed by atoms with Gasteiger partial charge < -0.3 is 10.6 Å². The number of nitrogen functional groups attached to an aromatic ring is 1. The largest absolute Gasteiger partial charge is 0.401 e. The molecule has 0 spiro atoms. The first-order valence-corrected chi connectivity index (χ1v) is 5.92. The lowest BCUT2D eigenvalue weighted by atomic mass is 10.3. The van der Waals surface area contributed by atoms with Gasteiger partial charge in [-0.15, -0.1) is 0 Å². The maximum atomic E-state index is 13.6. The van der Waals surface area contributed by atoms with Gasteiger partial charge in [0.1, 0.15) is 0 Å². The van der Waals surface area contributed by atoms with Crippen LogP contribution in [-0.2, 0) is 0 Å². The Bertz CT molecular complexity index is 482. The van der Waals surface area contributed by atoms with Gasteiger partial charge >= 0.3 is 6.18 Å². The Hall–Kier alpha value is -1.64. The fourth-order valence-electron chi connectivity index (χ4n) is 2.06. The van der Waals surface area contributed by atoms with E-state index >= 15 is 0 Å². The lowest BCUT2D eigenvalue weighted by Gasteiger charge is -2.35. The molecule has 0 amide bonds. The number of rotatable bonds is 2. The van der Waals surface area contributed by atoms with Crippen molar-refractivity contribution >= 4 is 11.6 Å². The Kier molecular flexibility index (Phi) is 3.98. The topological polar surface area (TPSA) is 45.4 Å². The molecule has 4 nitrogen and oxygen atoms in total. The van der Waals surface area contributed by atoms with Gasteiger partial charge in [0.2, 0.25) is 0 Å². The van der Waals surface area contributed by atoms with E-state index in [1.54, 1.807) is 0 Å². The summed E-state index contributed by atoms with van der Waals surface area (Å²) in [5, 5.41) is 0. The van der Waals surface area contributed by atoms with Crippen LogP contribution >= 0.6 is 0 Å². The zero-order chi connectivity index (χ0) is 14.9. The lowest BCUT2D eigenvalue weighted by molar-refractivity contribution is -0.146.